The van der Waals surface area contributed by atoms with Gasteiger partial charge in [0.25, 0.3) is 11.6 Å². The highest BCUT2D eigenvalue weighted by molar-refractivity contribution is 9.10. The molecule has 0 radical (unpaired) electrons. The number of amides is 1. The predicted octanol–water partition coefficient (Wildman–Crippen LogP) is 3.05. The van der Waals surface area contributed by atoms with Gasteiger partial charge in [-0.2, -0.15) is 0 Å². The van der Waals surface area contributed by atoms with Crippen LogP contribution in [0.25, 0.3) is 0 Å². The summed E-state index contributed by atoms with van der Waals surface area (Å²) >= 11 is 4.56. The summed E-state index contributed by atoms with van der Waals surface area (Å²) in [7, 11) is 0. The van der Waals surface area contributed by atoms with Gasteiger partial charge in [-0.25, -0.2) is 4.98 Å². The summed E-state index contributed by atoms with van der Waals surface area (Å²) in [6, 6.07) is 4.36. The highest BCUT2D eigenvalue weighted by Crippen LogP contribution is 2.28. The van der Waals surface area contributed by atoms with Crippen molar-refractivity contribution in [2.45, 2.75) is 13.5 Å². The number of halogens is 1. The second-order valence-corrected chi connectivity index (χ2v) is 5.67. The smallest absolute Gasteiger partial charge is 0.284 e. The lowest BCUT2D eigenvalue weighted by Crippen LogP contribution is -2.23. The Kier molecular flexibility index (Phi) is 4.46. The van der Waals surface area contributed by atoms with Crippen LogP contribution in [0.5, 0.6) is 0 Å². The fraction of sp³-hybridized carbons (Fsp3) is 0.167. The number of aromatic nitrogens is 1. The van der Waals surface area contributed by atoms with Crippen LogP contribution in [-0.2, 0) is 6.54 Å². The minimum atomic E-state index is -0.534. The molecule has 0 aliphatic carbocycles. The summed E-state index contributed by atoms with van der Waals surface area (Å²) in [5, 5.41) is 13.6. The first-order valence-corrected chi connectivity index (χ1v) is 7.28. The number of hydrogen-bond donors (Lipinski definition) is 1. The Labute approximate surface area is 127 Å². The van der Waals surface area contributed by atoms with Crippen LogP contribution in [0.2, 0.25) is 0 Å². The van der Waals surface area contributed by atoms with Crippen LogP contribution in [0.15, 0.2) is 28.2 Å². The second-order valence-electron chi connectivity index (χ2n) is 3.94. The van der Waals surface area contributed by atoms with E-state index >= 15 is 0 Å². The Morgan fingerprint density at radius 1 is 1.55 bits per heavy atom. The Hall–Kier alpha value is -1.80. The van der Waals surface area contributed by atoms with Crippen molar-refractivity contribution in [2.75, 3.05) is 0 Å². The summed E-state index contributed by atoms with van der Waals surface area (Å²) in [5.41, 5.74) is 2.68. The van der Waals surface area contributed by atoms with Gasteiger partial charge in [0.05, 0.1) is 28.2 Å². The van der Waals surface area contributed by atoms with Crippen LogP contribution in [-0.4, -0.2) is 15.8 Å². The zero-order valence-electron chi connectivity index (χ0n) is 10.4. The van der Waals surface area contributed by atoms with Crippen LogP contribution >= 0.6 is 27.3 Å². The highest BCUT2D eigenvalue weighted by atomic mass is 79.9. The molecular formula is C12H10BrN3O3S. The van der Waals surface area contributed by atoms with E-state index in [9.17, 15) is 14.9 Å². The van der Waals surface area contributed by atoms with E-state index in [-0.39, 0.29) is 21.6 Å². The van der Waals surface area contributed by atoms with Crippen molar-refractivity contribution in [3.63, 3.8) is 0 Å². The first-order chi connectivity index (χ1) is 9.50. The number of nitro groups is 1. The van der Waals surface area contributed by atoms with E-state index in [2.05, 4.69) is 26.2 Å². The van der Waals surface area contributed by atoms with Gasteiger partial charge in [0.15, 0.2) is 0 Å². The number of carbonyl (C=O) groups excluding carboxylic acids is 1. The van der Waals surface area contributed by atoms with Gasteiger partial charge >= 0.3 is 0 Å². The summed E-state index contributed by atoms with van der Waals surface area (Å²) in [5.74, 6) is -0.367. The van der Waals surface area contributed by atoms with Crippen molar-refractivity contribution < 1.29 is 9.72 Å². The summed E-state index contributed by atoms with van der Waals surface area (Å²) in [4.78, 5) is 27.4. The minimum Gasteiger partial charge on any atom is -0.347 e. The number of benzene rings is 1. The SMILES string of the molecule is Cc1ncsc1CNC(=O)c1cccc([N+](=O)[O-])c1Br. The second kappa shape index (κ2) is 6.10. The van der Waals surface area contributed by atoms with Gasteiger partial charge < -0.3 is 5.32 Å². The van der Waals surface area contributed by atoms with Crippen molar-refractivity contribution >= 4 is 38.9 Å². The molecule has 0 spiro atoms. The molecule has 0 fully saturated rings. The zero-order valence-corrected chi connectivity index (χ0v) is 12.8. The first kappa shape index (κ1) is 14.6. The standard InChI is InChI=1S/C12H10BrN3O3S/c1-7-10(20-6-15-7)5-14-12(17)8-3-2-4-9(11(8)13)16(18)19/h2-4,6H,5H2,1H3,(H,14,17). The number of thiazole rings is 1. The molecule has 0 saturated heterocycles. The molecule has 0 aliphatic heterocycles. The van der Waals surface area contributed by atoms with Gasteiger partial charge in [0.2, 0.25) is 0 Å². The fourth-order valence-corrected chi connectivity index (χ4v) is 2.89. The molecular weight excluding hydrogens is 346 g/mol. The molecule has 1 amide bonds. The molecule has 1 N–H and O–H groups in total. The number of nitro benzene ring substituents is 1. The van der Waals surface area contributed by atoms with Crippen molar-refractivity contribution in [3.05, 3.63) is 54.4 Å². The summed E-state index contributed by atoms with van der Waals surface area (Å²) in [6.07, 6.45) is 0. The van der Waals surface area contributed by atoms with Gasteiger partial charge in [0.1, 0.15) is 4.47 Å². The Balaban J connectivity index is 2.16. The van der Waals surface area contributed by atoms with E-state index in [1.165, 1.54) is 29.5 Å². The summed E-state index contributed by atoms with van der Waals surface area (Å²) in [6.45, 7) is 2.21. The van der Waals surface area contributed by atoms with Gasteiger partial charge in [-0.05, 0) is 28.9 Å². The normalized spacial score (nSPS) is 10.3. The quantitative estimate of drug-likeness (QED) is 0.674. The maximum atomic E-state index is 12.1. The van der Waals surface area contributed by atoms with Crippen LogP contribution in [0.4, 0.5) is 5.69 Å². The number of aryl methyl sites for hydroxylation is 1. The Bertz CT molecular complexity index is 672. The molecule has 0 bridgehead atoms. The molecule has 1 heterocycles. The molecule has 20 heavy (non-hydrogen) atoms. The first-order valence-electron chi connectivity index (χ1n) is 5.60. The van der Waals surface area contributed by atoms with Crippen LogP contribution < -0.4 is 5.32 Å². The van der Waals surface area contributed by atoms with E-state index in [0.29, 0.717) is 6.54 Å². The number of nitrogens with one attached hydrogen (secondary N) is 1. The monoisotopic (exact) mass is 355 g/mol. The molecule has 6 nitrogen and oxygen atoms in total. The third-order valence-corrected chi connectivity index (χ3v) is 4.44. The third-order valence-electron chi connectivity index (χ3n) is 2.67. The van der Waals surface area contributed by atoms with Crippen LogP contribution in [0.1, 0.15) is 20.9 Å². The molecule has 1 aromatic carbocycles. The largest absolute Gasteiger partial charge is 0.347 e. The van der Waals surface area contributed by atoms with Crippen molar-refractivity contribution in [2.24, 2.45) is 0 Å². The average molecular weight is 356 g/mol. The zero-order chi connectivity index (χ0) is 14.7. The Morgan fingerprint density at radius 2 is 2.30 bits per heavy atom. The maximum absolute atomic E-state index is 12.1. The molecule has 1 aromatic heterocycles. The van der Waals surface area contributed by atoms with Gasteiger partial charge in [0, 0.05) is 10.9 Å². The molecule has 2 aromatic rings. The van der Waals surface area contributed by atoms with Gasteiger partial charge in [-0.15, -0.1) is 11.3 Å². The molecule has 2 rings (SSSR count). The van der Waals surface area contributed by atoms with Gasteiger partial charge in [-0.3, -0.25) is 14.9 Å². The van der Waals surface area contributed by atoms with E-state index in [4.69, 9.17) is 0 Å². The van der Waals surface area contributed by atoms with E-state index in [1.54, 1.807) is 5.51 Å². The molecule has 0 unspecified atom stereocenters. The molecule has 104 valence electrons. The van der Waals surface area contributed by atoms with Gasteiger partial charge in [-0.1, -0.05) is 6.07 Å². The number of hydrogen-bond acceptors (Lipinski definition) is 5. The van der Waals surface area contributed by atoms with E-state index < -0.39 is 4.92 Å². The minimum absolute atomic E-state index is 0.133. The van der Waals surface area contributed by atoms with Crippen LogP contribution in [0.3, 0.4) is 0 Å². The fourth-order valence-electron chi connectivity index (χ4n) is 1.59. The van der Waals surface area contributed by atoms with Crippen molar-refractivity contribution in [1.82, 2.24) is 10.3 Å². The Morgan fingerprint density at radius 3 is 2.90 bits per heavy atom. The topological polar surface area (TPSA) is 85.1 Å². The number of nitrogens with zero attached hydrogens (tertiary/aromatic N) is 2. The lowest BCUT2D eigenvalue weighted by molar-refractivity contribution is -0.385. The van der Waals surface area contributed by atoms with Crippen LogP contribution in [0, 0.1) is 17.0 Å². The number of rotatable bonds is 4. The predicted molar refractivity (Wildman–Crippen MR) is 78.8 cm³/mol. The molecule has 0 aliphatic rings. The summed E-state index contributed by atoms with van der Waals surface area (Å²) < 4.78 is 0.184. The third kappa shape index (κ3) is 3.02. The number of carbonyl (C=O) groups is 1. The van der Waals surface area contributed by atoms with E-state index in [0.717, 1.165) is 10.6 Å². The van der Waals surface area contributed by atoms with Crippen molar-refractivity contribution in [1.29, 1.82) is 0 Å². The van der Waals surface area contributed by atoms with E-state index in [1.807, 2.05) is 6.92 Å². The maximum Gasteiger partial charge on any atom is 0.284 e. The highest BCUT2D eigenvalue weighted by Gasteiger charge is 2.19. The average Bonchev–Trinajstić information content (AvgIpc) is 2.81. The molecule has 0 saturated carbocycles. The molecule has 0 atom stereocenters. The lowest BCUT2D eigenvalue weighted by atomic mass is 10.2. The lowest BCUT2D eigenvalue weighted by Gasteiger charge is -2.06. The molecule has 8 heteroatoms. The van der Waals surface area contributed by atoms with Crippen molar-refractivity contribution in [3.8, 4) is 0 Å².